The molecular formula is C20H20FIN6O. The molecule has 0 amide bonds. The number of nitrogens with zero attached hydrogens (tertiary/aromatic N) is 3. The van der Waals surface area contributed by atoms with E-state index in [9.17, 15) is 4.39 Å². The molecule has 0 saturated carbocycles. The molecule has 0 radical (unpaired) electrons. The first-order valence-corrected chi connectivity index (χ1v) is 10.4. The van der Waals surface area contributed by atoms with Gasteiger partial charge < -0.3 is 15.4 Å². The molecule has 1 aromatic carbocycles. The summed E-state index contributed by atoms with van der Waals surface area (Å²) in [4.78, 5) is 12.7. The van der Waals surface area contributed by atoms with Crippen LogP contribution in [-0.2, 0) is 0 Å². The van der Waals surface area contributed by atoms with Crippen LogP contribution in [0.2, 0.25) is 0 Å². The van der Waals surface area contributed by atoms with E-state index in [-0.39, 0.29) is 11.9 Å². The Morgan fingerprint density at radius 2 is 1.86 bits per heavy atom. The molecule has 0 aliphatic carbocycles. The minimum Gasteiger partial charge on any atom is -0.487 e. The van der Waals surface area contributed by atoms with Crippen LogP contribution in [0, 0.1) is 5.82 Å². The summed E-state index contributed by atoms with van der Waals surface area (Å²) in [6, 6.07) is 8.79. The average molecular weight is 506 g/mol. The SMILES string of the molecule is Fc1c(Nc2cc(-c3cnc(NI)nc3)ccn2)cccc1OC1CCNCC1. The van der Waals surface area contributed by atoms with Crippen LogP contribution in [0.15, 0.2) is 48.9 Å². The van der Waals surface area contributed by atoms with Gasteiger partial charge >= 0.3 is 0 Å². The van der Waals surface area contributed by atoms with E-state index < -0.39 is 5.82 Å². The molecule has 1 fully saturated rings. The summed E-state index contributed by atoms with van der Waals surface area (Å²) < 4.78 is 23.7. The standard InChI is InChI=1S/C20H20FIN6O/c21-19-16(2-1-3-17(19)29-15-5-7-23-8-6-15)27-18-10-13(4-9-24-18)14-11-25-20(28-22)26-12-14/h1-4,9-12,15,23H,5-8H2,(H,24,27)(H,25,26,28). The zero-order chi connectivity index (χ0) is 20.1. The number of anilines is 3. The fourth-order valence-corrected chi connectivity index (χ4v) is 3.41. The van der Waals surface area contributed by atoms with Crippen molar-refractivity contribution < 1.29 is 9.13 Å². The summed E-state index contributed by atoms with van der Waals surface area (Å²) in [5.41, 5.74) is 2.04. The lowest BCUT2D eigenvalue weighted by Gasteiger charge is -2.24. The van der Waals surface area contributed by atoms with Gasteiger partial charge in [0.25, 0.3) is 0 Å². The van der Waals surface area contributed by atoms with Crippen molar-refractivity contribution >= 4 is 40.3 Å². The number of pyridine rings is 1. The van der Waals surface area contributed by atoms with Crippen molar-refractivity contribution in [2.45, 2.75) is 18.9 Å². The lowest BCUT2D eigenvalue weighted by Crippen LogP contribution is -2.34. The summed E-state index contributed by atoms with van der Waals surface area (Å²) in [6.45, 7) is 1.78. The van der Waals surface area contributed by atoms with Crippen molar-refractivity contribution in [2.24, 2.45) is 0 Å². The van der Waals surface area contributed by atoms with Crippen LogP contribution >= 0.6 is 22.9 Å². The molecular weight excluding hydrogens is 486 g/mol. The summed E-state index contributed by atoms with van der Waals surface area (Å²) >= 11 is 1.98. The van der Waals surface area contributed by atoms with Crippen molar-refractivity contribution in [2.75, 3.05) is 21.9 Å². The fourth-order valence-electron chi connectivity index (χ4n) is 3.13. The highest BCUT2D eigenvalue weighted by atomic mass is 127. The molecule has 3 N–H and O–H groups in total. The monoisotopic (exact) mass is 506 g/mol. The highest BCUT2D eigenvalue weighted by Gasteiger charge is 2.18. The lowest BCUT2D eigenvalue weighted by molar-refractivity contribution is 0.156. The predicted molar refractivity (Wildman–Crippen MR) is 119 cm³/mol. The molecule has 0 spiro atoms. The Bertz CT molecular complexity index is 965. The molecule has 2 aromatic heterocycles. The Labute approximate surface area is 182 Å². The van der Waals surface area contributed by atoms with E-state index in [0.29, 0.717) is 17.5 Å². The second-order valence-electron chi connectivity index (χ2n) is 6.63. The van der Waals surface area contributed by atoms with Gasteiger partial charge in [0.05, 0.1) is 28.6 Å². The number of piperidine rings is 1. The minimum absolute atomic E-state index is 0.0301. The van der Waals surface area contributed by atoms with Gasteiger partial charge in [-0.2, -0.15) is 0 Å². The van der Waals surface area contributed by atoms with Crippen molar-refractivity contribution in [3.8, 4) is 16.9 Å². The molecule has 3 aromatic rings. The van der Waals surface area contributed by atoms with Gasteiger partial charge in [-0.1, -0.05) is 6.07 Å². The third-order valence-corrected chi connectivity index (χ3v) is 5.12. The van der Waals surface area contributed by atoms with Crippen LogP contribution in [0.4, 0.5) is 21.8 Å². The van der Waals surface area contributed by atoms with E-state index in [1.165, 1.54) is 0 Å². The Kier molecular flexibility index (Phi) is 6.35. The van der Waals surface area contributed by atoms with Gasteiger partial charge in [-0.15, -0.1) is 0 Å². The molecule has 1 saturated heterocycles. The van der Waals surface area contributed by atoms with Gasteiger partial charge in [-0.05, 0) is 55.8 Å². The Balaban J connectivity index is 1.52. The minimum atomic E-state index is -0.418. The molecule has 29 heavy (non-hydrogen) atoms. The number of benzene rings is 1. The third kappa shape index (κ3) is 4.91. The first kappa shape index (κ1) is 19.8. The number of ether oxygens (including phenoxy) is 1. The molecule has 9 heteroatoms. The van der Waals surface area contributed by atoms with Gasteiger partial charge in [0, 0.05) is 24.2 Å². The van der Waals surface area contributed by atoms with E-state index in [4.69, 9.17) is 4.74 Å². The number of aromatic nitrogens is 3. The van der Waals surface area contributed by atoms with Crippen LogP contribution < -0.4 is 18.9 Å². The zero-order valence-electron chi connectivity index (χ0n) is 15.5. The highest BCUT2D eigenvalue weighted by Crippen LogP contribution is 2.29. The zero-order valence-corrected chi connectivity index (χ0v) is 17.7. The average Bonchev–Trinajstić information content (AvgIpc) is 2.77. The number of rotatable bonds is 6. The molecule has 3 heterocycles. The molecule has 0 atom stereocenters. The summed E-state index contributed by atoms with van der Waals surface area (Å²) in [5, 5.41) is 6.33. The molecule has 1 aliphatic heterocycles. The Morgan fingerprint density at radius 1 is 1.07 bits per heavy atom. The Morgan fingerprint density at radius 3 is 2.62 bits per heavy atom. The number of halogens is 2. The van der Waals surface area contributed by atoms with E-state index in [1.54, 1.807) is 36.8 Å². The second kappa shape index (κ2) is 9.31. The highest BCUT2D eigenvalue weighted by molar-refractivity contribution is 14.1. The van der Waals surface area contributed by atoms with E-state index >= 15 is 0 Å². The van der Waals surface area contributed by atoms with Crippen LogP contribution in [0.1, 0.15) is 12.8 Å². The van der Waals surface area contributed by atoms with Gasteiger partial charge in [0.15, 0.2) is 11.6 Å². The number of nitrogens with one attached hydrogen (secondary N) is 3. The van der Waals surface area contributed by atoms with E-state index in [1.807, 2.05) is 35.0 Å². The molecule has 4 rings (SSSR count). The third-order valence-electron chi connectivity index (χ3n) is 4.64. The van der Waals surface area contributed by atoms with Gasteiger partial charge in [0.2, 0.25) is 5.95 Å². The maximum Gasteiger partial charge on any atom is 0.231 e. The summed E-state index contributed by atoms with van der Waals surface area (Å²) in [7, 11) is 0. The van der Waals surface area contributed by atoms with E-state index in [2.05, 4.69) is 29.1 Å². The van der Waals surface area contributed by atoms with E-state index in [0.717, 1.165) is 37.1 Å². The maximum absolute atomic E-state index is 15.0. The fraction of sp³-hybridized carbons (Fsp3) is 0.250. The van der Waals surface area contributed by atoms with Crippen LogP contribution in [-0.4, -0.2) is 34.1 Å². The smallest absolute Gasteiger partial charge is 0.231 e. The summed E-state index contributed by atoms with van der Waals surface area (Å²) in [6.07, 6.45) is 6.88. The second-order valence-corrected chi connectivity index (χ2v) is 7.17. The van der Waals surface area contributed by atoms with Crippen molar-refractivity contribution in [1.82, 2.24) is 20.3 Å². The van der Waals surface area contributed by atoms with Crippen LogP contribution in [0.3, 0.4) is 0 Å². The van der Waals surface area contributed by atoms with Crippen molar-refractivity contribution in [3.63, 3.8) is 0 Å². The Hall–Kier alpha value is -2.53. The maximum atomic E-state index is 15.0. The van der Waals surface area contributed by atoms with Crippen LogP contribution in [0.25, 0.3) is 11.1 Å². The topological polar surface area (TPSA) is 84.0 Å². The molecule has 0 unspecified atom stereocenters. The predicted octanol–water partition coefficient (Wildman–Crippen LogP) is 4.31. The van der Waals surface area contributed by atoms with Crippen molar-refractivity contribution in [3.05, 3.63) is 54.7 Å². The quantitative estimate of drug-likeness (QED) is 0.340. The first-order chi connectivity index (χ1) is 14.2. The summed E-state index contributed by atoms with van der Waals surface area (Å²) in [5.74, 6) is 0.901. The molecule has 0 bridgehead atoms. The van der Waals surface area contributed by atoms with Gasteiger partial charge in [-0.3, -0.25) is 3.53 Å². The van der Waals surface area contributed by atoms with Crippen LogP contribution in [0.5, 0.6) is 5.75 Å². The molecule has 1 aliphatic rings. The van der Waals surface area contributed by atoms with Crippen molar-refractivity contribution in [1.29, 1.82) is 0 Å². The lowest BCUT2D eigenvalue weighted by atomic mass is 10.1. The largest absolute Gasteiger partial charge is 0.487 e. The number of hydrogen-bond acceptors (Lipinski definition) is 7. The van der Waals surface area contributed by atoms with Gasteiger partial charge in [-0.25, -0.2) is 19.3 Å². The molecule has 150 valence electrons. The van der Waals surface area contributed by atoms with Gasteiger partial charge in [0.1, 0.15) is 11.9 Å². The molecule has 7 nitrogen and oxygen atoms in total. The number of hydrogen-bond donors (Lipinski definition) is 3. The normalized spacial score (nSPS) is 14.4. The first-order valence-electron chi connectivity index (χ1n) is 9.31.